The van der Waals surface area contributed by atoms with E-state index >= 15 is 0 Å². The van der Waals surface area contributed by atoms with E-state index in [0.717, 1.165) is 10.6 Å². The standard InChI is InChI=1S/C10H14N2O3/c1-2-12(15-11)10(13)14-8-9-6-4-3-5-7-9/h3-7H,2,8,11H2,1H3. The molecule has 0 aliphatic carbocycles. The second kappa shape index (κ2) is 6.00. The Kier molecular flexibility index (Phi) is 4.59. The van der Waals surface area contributed by atoms with Crippen molar-refractivity contribution in [3.8, 4) is 0 Å². The quantitative estimate of drug-likeness (QED) is 0.764. The summed E-state index contributed by atoms with van der Waals surface area (Å²) in [6, 6.07) is 9.38. The molecule has 5 nitrogen and oxygen atoms in total. The largest absolute Gasteiger partial charge is 0.443 e. The lowest BCUT2D eigenvalue weighted by Crippen LogP contribution is -2.33. The predicted octanol–water partition coefficient (Wildman–Crippen LogP) is 1.45. The van der Waals surface area contributed by atoms with E-state index in [9.17, 15) is 4.79 Å². The number of hydroxylamine groups is 2. The first-order valence-corrected chi connectivity index (χ1v) is 4.63. The fourth-order valence-electron chi connectivity index (χ4n) is 1.04. The minimum absolute atomic E-state index is 0.208. The molecule has 0 atom stereocenters. The summed E-state index contributed by atoms with van der Waals surface area (Å²) in [7, 11) is 0. The van der Waals surface area contributed by atoms with Gasteiger partial charge in [-0.15, -0.1) is 0 Å². The van der Waals surface area contributed by atoms with Crippen molar-refractivity contribution in [2.75, 3.05) is 6.54 Å². The fraction of sp³-hybridized carbons (Fsp3) is 0.300. The third-order valence-electron chi connectivity index (χ3n) is 1.82. The van der Waals surface area contributed by atoms with Crippen LogP contribution in [0.15, 0.2) is 30.3 Å². The minimum atomic E-state index is -0.594. The summed E-state index contributed by atoms with van der Waals surface area (Å²) in [5, 5.41) is 0.933. The Morgan fingerprint density at radius 2 is 2.07 bits per heavy atom. The molecule has 1 amide bonds. The highest BCUT2D eigenvalue weighted by Gasteiger charge is 2.12. The summed E-state index contributed by atoms with van der Waals surface area (Å²) >= 11 is 0. The number of hydrogen-bond acceptors (Lipinski definition) is 4. The van der Waals surface area contributed by atoms with E-state index in [4.69, 9.17) is 10.6 Å². The molecule has 0 saturated carbocycles. The van der Waals surface area contributed by atoms with Crippen LogP contribution in [0.4, 0.5) is 4.79 Å². The third-order valence-corrected chi connectivity index (χ3v) is 1.82. The molecule has 1 rings (SSSR count). The Hall–Kier alpha value is -1.59. The van der Waals surface area contributed by atoms with Crippen LogP contribution < -0.4 is 5.90 Å². The predicted molar refractivity (Wildman–Crippen MR) is 54.3 cm³/mol. The van der Waals surface area contributed by atoms with Crippen molar-refractivity contribution in [1.29, 1.82) is 0 Å². The molecule has 1 aromatic rings. The van der Waals surface area contributed by atoms with Crippen LogP contribution in [0.25, 0.3) is 0 Å². The Bertz CT molecular complexity index is 299. The van der Waals surface area contributed by atoms with E-state index < -0.39 is 6.09 Å². The number of carbonyl (C=O) groups excluding carboxylic acids is 1. The zero-order chi connectivity index (χ0) is 11.1. The zero-order valence-electron chi connectivity index (χ0n) is 8.55. The first kappa shape index (κ1) is 11.5. The molecule has 1 aromatic carbocycles. The molecule has 0 heterocycles. The Morgan fingerprint density at radius 1 is 1.40 bits per heavy atom. The summed E-state index contributed by atoms with van der Waals surface area (Å²) in [5.74, 6) is 4.88. The highest BCUT2D eigenvalue weighted by atomic mass is 16.8. The number of nitrogens with two attached hydrogens (primary N) is 1. The lowest BCUT2D eigenvalue weighted by Gasteiger charge is -2.15. The van der Waals surface area contributed by atoms with E-state index in [1.165, 1.54) is 0 Å². The van der Waals surface area contributed by atoms with Gasteiger partial charge in [0.1, 0.15) is 6.61 Å². The van der Waals surface area contributed by atoms with Crippen LogP contribution in [0.5, 0.6) is 0 Å². The van der Waals surface area contributed by atoms with Gasteiger partial charge in [-0.05, 0) is 12.5 Å². The SMILES string of the molecule is CCN(ON)C(=O)OCc1ccccc1. The monoisotopic (exact) mass is 210 g/mol. The van der Waals surface area contributed by atoms with Gasteiger partial charge in [0.25, 0.3) is 0 Å². The highest BCUT2D eigenvalue weighted by Crippen LogP contribution is 2.02. The van der Waals surface area contributed by atoms with Crippen LogP contribution in [0.1, 0.15) is 12.5 Å². The van der Waals surface area contributed by atoms with Crippen molar-refractivity contribution < 1.29 is 14.5 Å². The van der Waals surface area contributed by atoms with E-state index in [0.29, 0.717) is 6.54 Å². The number of benzene rings is 1. The van der Waals surface area contributed by atoms with Crippen LogP contribution in [0.2, 0.25) is 0 Å². The minimum Gasteiger partial charge on any atom is -0.443 e. The van der Waals surface area contributed by atoms with Gasteiger partial charge in [0.2, 0.25) is 0 Å². The number of nitrogens with zero attached hydrogens (tertiary/aromatic N) is 1. The van der Waals surface area contributed by atoms with Gasteiger partial charge in [0.15, 0.2) is 0 Å². The van der Waals surface area contributed by atoms with Gasteiger partial charge in [-0.1, -0.05) is 30.3 Å². The van der Waals surface area contributed by atoms with Gasteiger partial charge < -0.3 is 4.74 Å². The van der Waals surface area contributed by atoms with Crippen molar-refractivity contribution in [3.05, 3.63) is 35.9 Å². The van der Waals surface area contributed by atoms with Gasteiger partial charge in [-0.25, -0.2) is 4.79 Å². The Morgan fingerprint density at radius 3 is 2.60 bits per heavy atom. The second-order valence-electron chi connectivity index (χ2n) is 2.84. The van der Waals surface area contributed by atoms with E-state index in [-0.39, 0.29) is 6.61 Å². The maximum absolute atomic E-state index is 11.3. The summed E-state index contributed by atoms with van der Waals surface area (Å²) in [5.41, 5.74) is 0.916. The topological polar surface area (TPSA) is 64.8 Å². The maximum Gasteiger partial charge on any atom is 0.435 e. The Labute approximate surface area is 88.3 Å². The molecule has 0 aliphatic heterocycles. The molecule has 5 heteroatoms. The van der Waals surface area contributed by atoms with Crippen LogP contribution in [0, 0.1) is 0 Å². The second-order valence-corrected chi connectivity index (χ2v) is 2.84. The number of hydrogen-bond donors (Lipinski definition) is 1. The fourth-order valence-corrected chi connectivity index (χ4v) is 1.04. The highest BCUT2D eigenvalue weighted by molar-refractivity contribution is 5.66. The summed E-state index contributed by atoms with van der Waals surface area (Å²) in [6.45, 7) is 2.28. The number of amides is 1. The van der Waals surface area contributed by atoms with E-state index in [2.05, 4.69) is 4.94 Å². The van der Waals surface area contributed by atoms with Crippen LogP contribution >= 0.6 is 0 Å². The van der Waals surface area contributed by atoms with Crippen LogP contribution in [-0.4, -0.2) is 17.7 Å². The van der Waals surface area contributed by atoms with Crippen LogP contribution in [-0.2, 0) is 16.3 Å². The van der Waals surface area contributed by atoms with Gasteiger partial charge in [0.05, 0.1) is 6.54 Å². The van der Waals surface area contributed by atoms with Gasteiger partial charge >= 0.3 is 6.09 Å². The molecule has 2 N–H and O–H groups in total. The van der Waals surface area contributed by atoms with Crippen LogP contribution in [0.3, 0.4) is 0 Å². The molecule has 0 radical (unpaired) electrons. The average Bonchev–Trinajstić information content (AvgIpc) is 2.29. The third kappa shape index (κ3) is 3.57. The summed E-state index contributed by atoms with van der Waals surface area (Å²) in [6.07, 6.45) is -0.594. The molecule has 0 spiro atoms. The first-order chi connectivity index (χ1) is 7.27. The number of carbonyl (C=O) groups is 1. The molecule has 82 valence electrons. The van der Waals surface area contributed by atoms with Crippen molar-refractivity contribution >= 4 is 6.09 Å². The lowest BCUT2D eigenvalue weighted by atomic mass is 10.2. The van der Waals surface area contributed by atoms with E-state index in [1.807, 2.05) is 30.3 Å². The average molecular weight is 210 g/mol. The van der Waals surface area contributed by atoms with Crippen molar-refractivity contribution in [3.63, 3.8) is 0 Å². The van der Waals surface area contributed by atoms with Gasteiger partial charge in [0, 0.05) is 0 Å². The number of rotatable bonds is 4. The van der Waals surface area contributed by atoms with Gasteiger partial charge in [-0.3, -0.25) is 0 Å². The molecular formula is C10H14N2O3. The molecule has 0 unspecified atom stereocenters. The molecule has 0 fully saturated rings. The first-order valence-electron chi connectivity index (χ1n) is 4.63. The van der Waals surface area contributed by atoms with Gasteiger partial charge in [-0.2, -0.15) is 15.9 Å². The van der Waals surface area contributed by atoms with Crippen molar-refractivity contribution in [2.45, 2.75) is 13.5 Å². The zero-order valence-corrected chi connectivity index (χ0v) is 8.55. The van der Waals surface area contributed by atoms with E-state index in [1.54, 1.807) is 6.92 Å². The smallest absolute Gasteiger partial charge is 0.435 e. The normalized spacial score (nSPS) is 9.73. The summed E-state index contributed by atoms with van der Waals surface area (Å²) < 4.78 is 4.95. The lowest BCUT2D eigenvalue weighted by molar-refractivity contribution is -0.138. The molecule has 0 aromatic heterocycles. The summed E-state index contributed by atoms with van der Waals surface area (Å²) in [4.78, 5) is 15.6. The Balaban J connectivity index is 2.40. The molecule has 0 bridgehead atoms. The molecule has 0 saturated heterocycles. The molecular weight excluding hydrogens is 196 g/mol. The molecule has 0 aliphatic rings. The van der Waals surface area contributed by atoms with Crippen molar-refractivity contribution in [2.24, 2.45) is 5.90 Å². The number of ether oxygens (including phenoxy) is 1. The maximum atomic E-state index is 11.3. The van der Waals surface area contributed by atoms with Crippen molar-refractivity contribution in [1.82, 2.24) is 5.06 Å². The molecule has 15 heavy (non-hydrogen) atoms.